The van der Waals surface area contributed by atoms with Crippen molar-refractivity contribution in [1.29, 1.82) is 0 Å². The van der Waals surface area contributed by atoms with Crippen LogP contribution in [0.3, 0.4) is 0 Å². The van der Waals surface area contributed by atoms with E-state index >= 15 is 0 Å². The van der Waals surface area contributed by atoms with Crippen LogP contribution in [0.25, 0.3) is 0 Å². The number of likely N-dealkylation sites (tertiary alicyclic amines) is 1. The summed E-state index contributed by atoms with van der Waals surface area (Å²) >= 11 is 0. The van der Waals surface area contributed by atoms with Gasteiger partial charge < -0.3 is 14.6 Å². The van der Waals surface area contributed by atoms with E-state index in [9.17, 15) is 5.11 Å². The van der Waals surface area contributed by atoms with E-state index in [4.69, 9.17) is 9.47 Å². The molecule has 2 aliphatic rings. The van der Waals surface area contributed by atoms with E-state index in [2.05, 4.69) is 17.0 Å². The minimum Gasteiger partial charge on any atom is -0.497 e. The Morgan fingerprint density at radius 2 is 2.14 bits per heavy atom. The number of ether oxygens (including phenoxy) is 2. The summed E-state index contributed by atoms with van der Waals surface area (Å²) in [7, 11) is 1.70. The lowest BCUT2D eigenvalue weighted by Gasteiger charge is -2.31. The van der Waals surface area contributed by atoms with E-state index in [1.54, 1.807) is 7.11 Å². The second-order valence-electron chi connectivity index (χ2n) is 6.19. The highest BCUT2D eigenvalue weighted by Crippen LogP contribution is 2.35. The highest BCUT2D eigenvalue weighted by atomic mass is 16.5. The van der Waals surface area contributed by atoms with Crippen LogP contribution in [0.15, 0.2) is 24.3 Å². The lowest BCUT2D eigenvalue weighted by molar-refractivity contribution is 0.0492. The summed E-state index contributed by atoms with van der Waals surface area (Å²) < 4.78 is 10.8. The summed E-state index contributed by atoms with van der Waals surface area (Å²) in [6.07, 6.45) is 2.87. The number of hydrogen-bond donors (Lipinski definition) is 1. The molecule has 2 saturated heterocycles. The number of aliphatic hydroxyl groups excluding tert-OH is 1. The Morgan fingerprint density at radius 3 is 2.90 bits per heavy atom. The number of rotatable bonds is 4. The van der Waals surface area contributed by atoms with Gasteiger partial charge in [0.05, 0.1) is 13.2 Å². The summed E-state index contributed by atoms with van der Waals surface area (Å²) in [4.78, 5) is 2.44. The normalized spacial score (nSPS) is 27.9. The first-order valence-corrected chi connectivity index (χ1v) is 7.90. The van der Waals surface area contributed by atoms with Crippen LogP contribution in [-0.4, -0.2) is 49.5 Å². The molecule has 4 heteroatoms. The van der Waals surface area contributed by atoms with Crippen molar-refractivity contribution in [2.24, 2.45) is 5.92 Å². The second-order valence-corrected chi connectivity index (χ2v) is 6.19. The van der Waals surface area contributed by atoms with Crippen molar-refractivity contribution in [3.8, 4) is 5.75 Å². The van der Waals surface area contributed by atoms with E-state index in [1.807, 2.05) is 12.1 Å². The Hall–Kier alpha value is -1.10. The van der Waals surface area contributed by atoms with Gasteiger partial charge in [-0.2, -0.15) is 0 Å². The van der Waals surface area contributed by atoms with Crippen molar-refractivity contribution in [2.75, 3.05) is 33.4 Å². The molecule has 4 nitrogen and oxygen atoms in total. The lowest BCUT2D eigenvalue weighted by Crippen LogP contribution is -2.33. The third-order valence-electron chi connectivity index (χ3n) is 4.69. The topological polar surface area (TPSA) is 41.9 Å². The fraction of sp³-hybridized carbons (Fsp3) is 0.647. The molecule has 0 aromatic heterocycles. The zero-order chi connectivity index (χ0) is 14.7. The van der Waals surface area contributed by atoms with Crippen LogP contribution in [-0.2, 0) is 4.74 Å². The van der Waals surface area contributed by atoms with Crippen LogP contribution in [0, 0.1) is 5.92 Å². The predicted molar refractivity (Wildman–Crippen MR) is 81.5 cm³/mol. The second kappa shape index (κ2) is 6.77. The van der Waals surface area contributed by atoms with Gasteiger partial charge >= 0.3 is 0 Å². The molecule has 2 heterocycles. The molecule has 116 valence electrons. The van der Waals surface area contributed by atoms with Crippen molar-refractivity contribution in [2.45, 2.75) is 31.4 Å². The molecular formula is C17H25NO3. The molecule has 0 aliphatic carbocycles. The smallest absolute Gasteiger partial charge is 0.119 e. The zero-order valence-corrected chi connectivity index (χ0v) is 12.7. The van der Waals surface area contributed by atoms with Crippen LogP contribution in [0.5, 0.6) is 5.75 Å². The van der Waals surface area contributed by atoms with Crippen molar-refractivity contribution in [3.63, 3.8) is 0 Å². The molecule has 0 spiro atoms. The van der Waals surface area contributed by atoms with E-state index in [1.165, 1.54) is 5.56 Å². The molecule has 2 aliphatic heterocycles. The summed E-state index contributed by atoms with van der Waals surface area (Å²) in [6, 6.07) is 8.54. The van der Waals surface area contributed by atoms with E-state index in [0.29, 0.717) is 12.0 Å². The van der Waals surface area contributed by atoms with Crippen LogP contribution in [0.4, 0.5) is 0 Å². The number of hydrogen-bond acceptors (Lipinski definition) is 4. The maximum atomic E-state index is 10.1. The maximum absolute atomic E-state index is 10.1. The summed E-state index contributed by atoms with van der Waals surface area (Å²) in [6.45, 7) is 3.59. The molecule has 1 aromatic carbocycles. The van der Waals surface area contributed by atoms with Crippen LogP contribution >= 0.6 is 0 Å². The molecule has 2 fully saturated rings. The average molecular weight is 291 g/mol. The van der Waals surface area contributed by atoms with E-state index in [0.717, 1.165) is 51.3 Å². The third-order valence-corrected chi connectivity index (χ3v) is 4.69. The SMILES string of the molecule is COc1cccc([C@H]2C[C@@H](O)CN2CC2CCOCC2)c1. The number of aliphatic hydroxyl groups is 1. The number of nitrogens with zero attached hydrogens (tertiary/aromatic N) is 1. The Morgan fingerprint density at radius 1 is 1.33 bits per heavy atom. The zero-order valence-electron chi connectivity index (χ0n) is 12.7. The van der Waals surface area contributed by atoms with Gasteiger partial charge in [-0.1, -0.05) is 12.1 Å². The van der Waals surface area contributed by atoms with E-state index < -0.39 is 0 Å². The van der Waals surface area contributed by atoms with Gasteiger partial charge in [0.25, 0.3) is 0 Å². The fourth-order valence-electron chi connectivity index (χ4n) is 3.54. The van der Waals surface area contributed by atoms with E-state index in [-0.39, 0.29) is 6.10 Å². The molecule has 2 atom stereocenters. The van der Waals surface area contributed by atoms with Gasteiger partial charge in [-0.15, -0.1) is 0 Å². The molecule has 3 rings (SSSR count). The molecule has 1 N–H and O–H groups in total. The van der Waals surface area contributed by atoms with Crippen LogP contribution in [0.1, 0.15) is 30.9 Å². The van der Waals surface area contributed by atoms with Crippen molar-refractivity contribution < 1.29 is 14.6 Å². The molecule has 0 amide bonds. The molecular weight excluding hydrogens is 266 g/mol. The minimum atomic E-state index is -0.221. The molecule has 0 radical (unpaired) electrons. The molecule has 0 unspecified atom stereocenters. The average Bonchev–Trinajstić information content (AvgIpc) is 2.89. The molecule has 21 heavy (non-hydrogen) atoms. The van der Waals surface area contributed by atoms with Gasteiger partial charge in [-0.3, -0.25) is 4.90 Å². The standard InChI is InChI=1S/C17H25NO3/c1-20-16-4-2-3-14(9-16)17-10-15(19)12-18(17)11-13-5-7-21-8-6-13/h2-4,9,13,15,17,19H,5-8,10-12H2,1H3/t15-,17-/m1/s1. The largest absolute Gasteiger partial charge is 0.497 e. The van der Waals surface area contributed by atoms with Gasteiger partial charge in [0.1, 0.15) is 5.75 Å². The predicted octanol–water partition coefficient (Wildman–Crippen LogP) is 2.23. The first-order chi connectivity index (χ1) is 10.3. The van der Waals surface area contributed by atoms with Gasteiger partial charge in [-0.05, 0) is 42.9 Å². The summed E-state index contributed by atoms with van der Waals surface area (Å²) in [5.41, 5.74) is 1.25. The Kier molecular flexibility index (Phi) is 4.78. The monoisotopic (exact) mass is 291 g/mol. The number of β-amino-alcohol motifs (C(OH)–C–C–N with tert-alkyl or cyclic N) is 1. The van der Waals surface area contributed by atoms with Crippen molar-refractivity contribution >= 4 is 0 Å². The quantitative estimate of drug-likeness (QED) is 0.924. The van der Waals surface area contributed by atoms with Gasteiger partial charge in [-0.25, -0.2) is 0 Å². The molecule has 0 saturated carbocycles. The Labute approximate surface area is 126 Å². The van der Waals surface area contributed by atoms with Crippen LogP contribution < -0.4 is 4.74 Å². The molecule has 0 bridgehead atoms. The highest BCUT2D eigenvalue weighted by Gasteiger charge is 2.33. The maximum Gasteiger partial charge on any atom is 0.119 e. The minimum absolute atomic E-state index is 0.221. The van der Waals surface area contributed by atoms with Crippen LogP contribution in [0.2, 0.25) is 0 Å². The number of benzene rings is 1. The Balaban J connectivity index is 1.71. The van der Waals surface area contributed by atoms with Gasteiger partial charge in [0.2, 0.25) is 0 Å². The Bertz CT molecular complexity index is 459. The van der Waals surface area contributed by atoms with Crippen molar-refractivity contribution in [1.82, 2.24) is 4.90 Å². The van der Waals surface area contributed by atoms with Crippen molar-refractivity contribution in [3.05, 3.63) is 29.8 Å². The van der Waals surface area contributed by atoms with Gasteiger partial charge in [0, 0.05) is 32.3 Å². The molecule has 1 aromatic rings. The fourth-order valence-corrected chi connectivity index (χ4v) is 3.54. The number of methoxy groups -OCH3 is 1. The third kappa shape index (κ3) is 3.57. The highest BCUT2D eigenvalue weighted by molar-refractivity contribution is 5.31. The summed E-state index contributed by atoms with van der Waals surface area (Å²) in [5, 5.41) is 10.1. The first kappa shape index (κ1) is 14.8. The lowest BCUT2D eigenvalue weighted by atomic mass is 9.98. The van der Waals surface area contributed by atoms with Gasteiger partial charge in [0.15, 0.2) is 0 Å². The summed E-state index contributed by atoms with van der Waals surface area (Å²) in [5.74, 6) is 1.58. The first-order valence-electron chi connectivity index (χ1n) is 7.90.